The minimum Gasteiger partial charge on any atom is -0.408 e. The highest BCUT2D eigenvalue weighted by Crippen LogP contribution is 2.20. The quantitative estimate of drug-likeness (QED) is 0.853. The van der Waals surface area contributed by atoms with Crippen LogP contribution in [-0.4, -0.2) is 16.1 Å². The van der Waals surface area contributed by atoms with Gasteiger partial charge >= 0.3 is 6.01 Å². The van der Waals surface area contributed by atoms with E-state index >= 15 is 0 Å². The first-order valence-electron chi connectivity index (χ1n) is 5.10. The van der Waals surface area contributed by atoms with Crippen molar-refractivity contribution in [1.82, 2.24) is 10.2 Å². The van der Waals surface area contributed by atoms with Crippen LogP contribution in [0.5, 0.6) is 0 Å². The van der Waals surface area contributed by atoms with Crippen molar-refractivity contribution in [2.45, 2.75) is 13.3 Å². The molecule has 0 atom stereocenters. The summed E-state index contributed by atoms with van der Waals surface area (Å²) in [6.45, 7) is 1.87. The molecule has 0 saturated heterocycles. The van der Waals surface area contributed by atoms with Crippen LogP contribution in [0.15, 0.2) is 22.6 Å². The first kappa shape index (κ1) is 11.9. The SMILES string of the molecule is Cc1ccc(F)c(Nc2nnc(CCCl)o2)c1. The minimum absolute atomic E-state index is 0.162. The van der Waals surface area contributed by atoms with E-state index in [1.54, 1.807) is 12.1 Å². The number of anilines is 2. The minimum atomic E-state index is -0.368. The summed E-state index contributed by atoms with van der Waals surface area (Å²) in [6.07, 6.45) is 0.493. The normalized spacial score (nSPS) is 10.5. The molecule has 90 valence electrons. The van der Waals surface area contributed by atoms with Crippen LogP contribution in [0.1, 0.15) is 11.5 Å². The fourth-order valence-corrected chi connectivity index (χ4v) is 1.50. The van der Waals surface area contributed by atoms with Crippen LogP contribution >= 0.6 is 11.6 Å². The van der Waals surface area contributed by atoms with Crippen molar-refractivity contribution in [2.75, 3.05) is 11.2 Å². The van der Waals surface area contributed by atoms with Gasteiger partial charge in [-0.25, -0.2) is 4.39 Å². The van der Waals surface area contributed by atoms with Gasteiger partial charge in [-0.3, -0.25) is 0 Å². The predicted octanol–water partition coefficient (Wildman–Crippen LogP) is 3.04. The van der Waals surface area contributed by atoms with Crippen LogP contribution in [0, 0.1) is 12.7 Å². The van der Waals surface area contributed by atoms with Gasteiger partial charge in [-0.15, -0.1) is 16.7 Å². The zero-order valence-electron chi connectivity index (χ0n) is 9.20. The summed E-state index contributed by atoms with van der Waals surface area (Å²) >= 11 is 5.54. The maximum absolute atomic E-state index is 13.4. The van der Waals surface area contributed by atoms with Crippen molar-refractivity contribution in [3.63, 3.8) is 0 Å². The maximum Gasteiger partial charge on any atom is 0.320 e. The van der Waals surface area contributed by atoms with E-state index in [4.69, 9.17) is 16.0 Å². The number of alkyl halides is 1. The van der Waals surface area contributed by atoms with Gasteiger partial charge in [0.1, 0.15) is 5.82 Å². The molecule has 0 aliphatic rings. The van der Waals surface area contributed by atoms with Crippen molar-refractivity contribution in [3.05, 3.63) is 35.5 Å². The molecule has 0 spiro atoms. The Kier molecular flexibility index (Phi) is 3.58. The lowest BCUT2D eigenvalue weighted by molar-refractivity contribution is 0.515. The van der Waals surface area contributed by atoms with Crippen LogP contribution in [0.3, 0.4) is 0 Å². The van der Waals surface area contributed by atoms with E-state index in [-0.39, 0.29) is 11.8 Å². The van der Waals surface area contributed by atoms with Crippen molar-refractivity contribution >= 4 is 23.3 Å². The fourth-order valence-electron chi connectivity index (χ4n) is 1.34. The lowest BCUT2D eigenvalue weighted by Crippen LogP contribution is -1.94. The van der Waals surface area contributed by atoms with Crippen LogP contribution in [0.25, 0.3) is 0 Å². The first-order chi connectivity index (χ1) is 8.19. The number of benzene rings is 1. The lowest BCUT2D eigenvalue weighted by atomic mass is 10.2. The van der Waals surface area contributed by atoms with Crippen molar-refractivity contribution in [2.24, 2.45) is 0 Å². The molecule has 1 N–H and O–H groups in total. The summed E-state index contributed by atoms with van der Waals surface area (Å²) in [6, 6.07) is 4.90. The van der Waals surface area contributed by atoms with Crippen molar-refractivity contribution < 1.29 is 8.81 Å². The Morgan fingerprint density at radius 3 is 3.00 bits per heavy atom. The molecule has 1 aromatic heterocycles. The molecule has 1 heterocycles. The van der Waals surface area contributed by atoms with Gasteiger partial charge in [0.15, 0.2) is 0 Å². The Bertz CT molecular complexity index is 515. The van der Waals surface area contributed by atoms with Crippen LogP contribution in [0.4, 0.5) is 16.1 Å². The third kappa shape index (κ3) is 2.94. The molecule has 2 rings (SSSR count). The number of hydrogen-bond acceptors (Lipinski definition) is 4. The zero-order chi connectivity index (χ0) is 12.3. The highest BCUT2D eigenvalue weighted by Gasteiger charge is 2.08. The molecular formula is C11H11ClFN3O. The van der Waals surface area contributed by atoms with Gasteiger partial charge in [0.05, 0.1) is 5.69 Å². The Hall–Kier alpha value is -1.62. The van der Waals surface area contributed by atoms with Gasteiger partial charge < -0.3 is 9.73 Å². The monoisotopic (exact) mass is 255 g/mol. The molecule has 2 aromatic rings. The summed E-state index contributed by atoms with van der Waals surface area (Å²) in [4.78, 5) is 0. The summed E-state index contributed by atoms with van der Waals surface area (Å²) in [5.41, 5.74) is 1.25. The zero-order valence-corrected chi connectivity index (χ0v) is 9.96. The van der Waals surface area contributed by atoms with Gasteiger partial charge in [0.25, 0.3) is 0 Å². The van der Waals surface area contributed by atoms with E-state index in [1.165, 1.54) is 6.07 Å². The van der Waals surface area contributed by atoms with Gasteiger partial charge in [0, 0.05) is 12.3 Å². The fraction of sp³-hybridized carbons (Fsp3) is 0.273. The maximum atomic E-state index is 13.4. The number of rotatable bonds is 4. The number of aryl methyl sites for hydroxylation is 2. The van der Waals surface area contributed by atoms with E-state index in [0.717, 1.165) is 5.56 Å². The van der Waals surface area contributed by atoms with Crippen LogP contribution < -0.4 is 5.32 Å². The Morgan fingerprint density at radius 1 is 1.41 bits per heavy atom. The number of halogens is 2. The van der Waals surface area contributed by atoms with Crippen molar-refractivity contribution in [3.8, 4) is 0 Å². The molecule has 0 radical (unpaired) electrons. The average molecular weight is 256 g/mol. The molecule has 17 heavy (non-hydrogen) atoms. The summed E-state index contributed by atoms with van der Waals surface area (Å²) in [5.74, 6) is 0.462. The molecular weight excluding hydrogens is 245 g/mol. The topological polar surface area (TPSA) is 51.0 Å². The van der Waals surface area contributed by atoms with E-state index in [0.29, 0.717) is 23.9 Å². The predicted molar refractivity (Wildman–Crippen MR) is 63.1 cm³/mol. The first-order valence-corrected chi connectivity index (χ1v) is 5.64. The van der Waals surface area contributed by atoms with E-state index in [9.17, 15) is 4.39 Å². The second-order valence-corrected chi connectivity index (χ2v) is 3.93. The number of nitrogens with zero attached hydrogens (tertiary/aromatic N) is 2. The number of nitrogens with one attached hydrogen (secondary N) is 1. The molecule has 6 heteroatoms. The van der Waals surface area contributed by atoms with E-state index < -0.39 is 0 Å². The second-order valence-electron chi connectivity index (χ2n) is 3.55. The largest absolute Gasteiger partial charge is 0.408 e. The van der Waals surface area contributed by atoms with E-state index in [1.807, 2.05) is 6.92 Å². The molecule has 0 aliphatic heterocycles. The van der Waals surface area contributed by atoms with Gasteiger partial charge in [0.2, 0.25) is 5.89 Å². The van der Waals surface area contributed by atoms with Gasteiger partial charge in [-0.2, -0.15) is 0 Å². The molecule has 0 bridgehead atoms. The van der Waals surface area contributed by atoms with Crippen LogP contribution in [0.2, 0.25) is 0 Å². The van der Waals surface area contributed by atoms with Crippen LogP contribution in [-0.2, 0) is 6.42 Å². The Labute approximate surface area is 103 Å². The molecule has 0 unspecified atom stereocenters. The molecule has 0 amide bonds. The highest BCUT2D eigenvalue weighted by atomic mass is 35.5. The highest BCUT2D eigenvalue weighted by molar-refractivity contribution is 6.17. The van der Waals surface area contributed by atoms with E-state index in [2.05, 4.69) is 15.5 Å². The number of hydrogen-bond donors (Lipinski definition) is 1. The third-order valence-corrected chi connectivity index (χ3v) is 2.33. The van der Waals surface area contributed by atoms with Crippen molar-refractivity contribution in [1.29, 1.82) is 0 Å². The smallest absolute Gasteiger partial charge is 0.320 e. The molecule has 4 nitrogen and oxygen atoms in total. The number of aromatic nitrogens is 2. The summed E-state index contributed by atoms with van der Waals surface area (Å²) < 4.78 is 18.7. The molecule has 0 aliphatic carbocycles. The van der Waals surface area contributed by atoms with Gasteiger partial charge in [-0.1, -0.05) is 11.2 Å². The van der Waals surface area contributed by atoms with Gasteiger partial charge in [-0.05, 0) is 24.6 Å². The molecule has 1 aromatic carbocycles. The standard InChI is InChI=1S/C11H11ClFN3O/c1-7-2-3-8(13)9(6-7)14-11-16-15-10(17-11)4-5-12/h2-3,6H,4-5H2,1H3,(H,14,16). The third-order valence-electron chi connectivity index (χ3n) is 2.14. The Balaban J connectivity index is 2.16. The second kappa shape index (κ2) is 5.14. The Morgan fingerprint density at radius 2 is 2.24 bits per heavy atom. The summed E-state index contributed by atoms with van der Waals surface area (Å²) in [5, 5.41) is 10.2. The lowest BCUT2D eigenvalue weighted by Gasteiger charge is -2.03. The molecule has 0 fully saturated rings. The summed E-state index contributed by atoms with van der Waals surface area (Å²) in [7, 11) is 0. The average Bonchev–Trinajstić information content (AvgIpc) is 2.72. The molecule has 0 saturated carbocycles.